The van der Waals surface area contributed by atoms with Crippen LogP contribution in [0.25, 0.3) is 0 Å². The molecule has 0 aromatic rings. The van der Waals surface area contributed by atoms with Crippen LogP contribution in [0.2, 0.25) is 0 Å². The van der Waals surface area contributed by atoms with E-state index in [1.54, 1.807) is 18.9 Å². The van der Waals surface area contributed by atoms with Crippen molar-refractivity contribution >= 4 is 23.6 Å². The van der Waals surface area contributed by atoms with Crippen molar-refractivity contribution in [3.63, 3.8) is 0 Å². The zero-order valence-electron chi connectivity index (χ0n) is 11.9. The summed E-state index contributed by atoms with van der Waals surface area (Å²) in [6, 6.07) is 0. The number of thioether (sulfide) groups is 1. The minimum atomic E-state index is -0.157. The average Bonchev–Trinajstić information content (AvgIpc) is 3.16. The minimum Gasteiger partial charge on any atom is -0.469 e. The first-order valence-corrected chi connectivity index (χ1v) is 7.53. The van der Waals surface area contributed by atoms with Crippen LogP contribution in [0.3, 0.4) is 0 Å². The van der Waals surface area contributed by atoms with E-state index < -0.39 is 0 Å². The van der Waals surface area contributed by atoms with Crippen LogP contribution in [0.15, 0.2) is 0 Å². The van der Waals surface area contributed by atoms with Gasteiger partial charge >= 0.3 is 5.97 Å². The van der Waals surface area contributed by atoms with E-state index in [2.05, 4.69) is 5.32 Å². The summed E-state index contributed by atoms with van der Waals surface area (Å²) in [7, 11) is 3.02. The first-order valence-electron chi connectivity index (χ1n) is 6.48. The van der Waals surface area contributed by atoms with Crippen LogP contribution in [-0.4, -0.2) is 50.3 Å². The first kappa shape index (κ1) is 16.3. The zero-order chi connectivity index (χ0) is 14.3. The molecule has 1 aliphatic rings. The molecule has 0 aromatic heterocycles. The zero-order valence-corrected chi connectivity index (χ0v) is 12.7. The van der Waals surface area contributed by atoms with Crippen molar-refractivity contribution in [3.8, 4) is 0 Å². The van der Waals surface area contributed by atoms with Gasteiger partial charge in [-0.15, -0.1) is 11.8 Å². The number of carbonyl (C=O) groups is 2. The van der Waals surface area contributed by atoms with Crippen LogP contribution >= 0.6 is 11.8 Å². The summed E-state index contributed by atoms with van der Waals surface area (Å²) in [5.41, 5.74) is 0.0683. The SMILES string of the molecule is COCCNC(=O)C(C)SCC1(CC(=O)OC)CC1. The number of nitrogens with one attached hydrogen (secondary N) is 1. The van der Waals surface area contributed by atoms with E-state index in [0.29, 0.717) is 19.6 Å². The summed E-state index contributed by atoms with van der Waals surface area (Å²) in [5.74, 6) is 0.701. The highest BCUT2D eigenvalue weighted by molar-refractivity contribution is 8.00. The Hall–Kier alpha value is -0.750. The quantitative estimate of drug-likeness (QED) is 0.510. The largest absolute Gasteiger partial charge is 0.469 e. The maximum Gasteiger partial charge on any atom is 0.306 e. The molecule has 19 heavy (non-hydrogen) atoms. The molecule has 0 bridgehead atoms. The van der Waals surface area contributed by atoms with Gasteiger partial charge in [-0.2, -0.15) is 0 Å². The number of hydrogen-bond donors (Lipinski definition) is 1. The van der Waals surface area contributed by atoms with Gasteiger partial charge in [-0.3, -0.25) is 9.59 Å². The van der Waals surface area contributed by atoms with Crippen LogP contribution in [-0.2, 0) is 19.1 Å². The van der Waals surface area contributed by atoms with Crippen LogP contribution in [0.1, 0.15) is 26.2 Å². The molecule has 1 unspecified atom stereocenters. The predicted octanol–water partition coefficient (Wildman–Crippen LogP) is 1.21. The molecular weight excluding hydrogens is 266 g/mol. The molecule has 1 atom stereocenters. The number of hydrogen-bond acceptors (Lipinski definition) is 5. The second-order valence-electron chi connectivity index (χ2n) is 4.99. The Morgan fingerprint density at radius 1 is 1.37 bits per heavy atom. The smallest absolute Gasteiger partial charge is 0.306 e. The van der Waals surface area contributed by atoms with Gasteiger partial charge in [-0.05, 0) is 25.2 Å². The maximum absolute atomic E-state index is 11.8. The van der Waals surface area contributed by atoms with E-state index in [1.807, 2.05) is 6.92 Å². The maximum atomic E-state index is 11.8. The lowest BCUT2D eigenvalue weighted by atomic mass is 10.1. The molecule has 0 radical (unpaired) electrons. The molecule has 0 saturated heterocycles. The summed E-state index contributed by atoms with van der Waals surface area (Å²) < 4.78 is 9.58. The third kappa shape index (κ3) is 5.82. The van der Waals surface area contributed by atoms with Crippen LogP contribution in [0.5, 0.6) is 0 Å². The van der Waals surface area contributed by atoms with Crippen molar-refractivity contribution in [2.45, 2.75) is 31.4 Å². The average molecular weight is 289 g/mol. The van der Waals surface area contributed by atoms with Gasteiger partial charge in [0.1, 0.15) is 0 Å². The van der Waals surface area contributed by atoms with Crippen molar-refractivity contribution in [2.24, 2.45) is 5.41 Å². The molecule has 1 fully saturated rings. The van der Waals surface area contributed by atoms with Gasteiger partial charge in [-0.1, -0.05) is 0 Å². The fourth-order valence-corrected chi connectivity index (χ4v) is 2.95. The van der Waals surface area contributed by atoms with Crippen molar-refractivity contribution in [1.29, 1.82) is 0 Å². The molecular formula is C13H23NO4S. The van der Waals surface area contributed by atoms with Crippen LogP contribution < -0.4 is 5.32 Å². The molecule has 5 nitrogen and oxygen atoms in total. The van der Waals surface area contributed by atoms with Gasteiger partial charge in [0.2, 0.25) is 5.91 Å². The van der Waals surface area contributed by atoms with Crippen molar-refractivity contribution in [2.75, 3.05) is 33.1 Å². The number of esters is 1. The lowest BCUT2D eigenvalue weighted by molar-refractivity contribution is -0.141. The summed E-state index contributed by atoms with van der Waals surface area (Å²) in [6.07, 6.45) is 2.56. The number of amides is 1. The highest BCUT2D eigenvalue weighted by Gasteiger charge is 2.44. The Balaban J connectivity index is 2.24. The molecule has 1 amide bonds. The summed E-state index contributed by atoms with van der Waals surface area (Å²) >= 11 is 1.60. The molecule has 1 saturated carbocycles. The van der Waals surface area contributed by atoms with Crippen molar-refractivity contribution in [3.05, 3.63) is 0 Å². The third-order valence-corrected chi connectivity index (χ3v) is 4.81. The van der Waals surface area contributed by atoms with E-state index in [4.69, 9.17) is 9.47 Å². The topological polar surface area (TPSA) is 64.6 Å². The Morgan fingerprint density at radius 2 is 2.05 bits per heavy atom. The van der Waals surface area contributed by atoms with E-state index in [0.717, 1.165) is 18.6 Å². The Bertz CT molecular complexity index is 318. The van der Waals surface area contributed by atoms with Crippen LogP contribution in [0, 0.1) is 5.41 Å². The van der Waals surface area contributed by atoms with Gasteiger partial charge in [-0.25, -0.2) is 0 Å². The van der Waals surface area contributed by atoms with Crippen LogP contribution in [0.4, 0.5) is 0 Å². The summed E-state index contributed by atoms with van der Waals surface area (Å²) in [6.45, 7) is 2.95. The molecule has 0 aliphatic heterocycles. The van der Waals surface area contributed by atoms with Gasteiger partial charge in [0.05, 0.1) is 25.4 Å². The van der Waals surface area contributed by atoms with E-state index in [1.165, 1.54) is 7.11 Å². The third-order valence-electron chi connectivity index (χ3n) is 3.32. The van der Waals surface area contributed by atoms with Crippen molar-refractivity contribution in [1.82, 2.24) is 5.32 Å². The monoisotopic (exact) mass is 289 g/mol. The van der Waals surface area contributed by atoms with Crippen molar-refractivity contribution < 1.29 is 19.1 Å². The highest BCUT2D eigenvalue weighted by Crippen LogP contribution is 2.51. The normalized spacial score (nSPS) is 17.6. The fourth-order valence-electron chi connectivity index (χ4n) is 1.72. The molecule has 110 valence electrons. The van der Waals surface area contributed by atoms with Gasteiger partial charge < -0.3 is 14.8 Å². The molecule has 0 heterocycles. The first-order chi connectivity index (χ1) is 9.03. The Kier molecular flexibility index (Phi) is 6.65. The lowest BCUT2D eigenvalue weighted by Gasteiger charge is -2.16. The molecule has 1 N–H and O–H groups in total. The fraction of sp³-hybridized carbons (Fsp3) is 0.846. The molecule has 1 rings (SSSR count). The lowest BCUT2D eigenvalue weighted by Crippen LogP contribution is -2.33. The minimum absolute atomic E-state index is 0.0240. The standard InChI is InChI=1S/C13H23NO4S/c1-10(12(16)14-6-7-17-2)19-9-13(4-5-13)8-11(15)18-3/h10H,4-9H2,1-3H3,(H,14,16). The summed E-state index contributed by atoms with van der Waals surface area (Å²) in [4.78, 5) is 23.1. The van der Waals surface area contributed by atoms with E-state index in [-0.39, 0.29) is 22.5 Å². The number of rotatable bonds is 9. The van der Waals surface area contributed by atoms with E-state index in [9.17, 15) is 9.59 Å². The molecule has 0 aromatic carbocycles. The Morgan fingerprint density at radius 3 is 2.58 bits per heavy atom. The van der Waals surface area contributed by atoms with E-state index >= 15 is 0 Å². The number of carbonyl (C=O) groups excluding carboxylic acids is 2. The van der Waals surface area contributed by atoms with Gasteiger partial charge in [0.25, 0.3) is 0 Å². The molecule has 6 heteroatoms. The predicted molar refractivity (Wildman–Crippen MR) is 75.1 cm³/mol. The number of methoxy groups -OCH3 is 2. The number of ether oxygens (including phenoxy) is 2. The Labute approximate surface area is 118 Å². The molecule has 1 aliphatic carbocycles. The van der Waals surface area contributed by atoms with Gasteiger partial charge in [0, 0.05) is 19.4 Å². The highest BCUT2D eigenvalue weighted by atomic mass is 32.2. The molecule has 0 spiro atoms. The summed E-state index contributed by atoms with van der Waals surface area (Å²) in [5, 5.41) is 2.71. The second-order valence-corrected chi connectivity index (χ2v) is 6.32. The van der Waals surface area contributed by atoms with Gasteiger partial charge in [0.15, 0.2) is 0 Å². The second kappa shape index (κ2) is 7.75.